The zero-order valence-electron chi connectivity index (χ0n) is 17.3. The first-order valence-electron chi connectivity index (χ1n) is 9.77. The number of hydrogen-bond acceptors (Lipinski definition) is 5. The second-order valence-electron chi connectivity index (χ2n) is 7.62. The Bertz CT molecular complexity index is 847. The third kappa shape index (κ3) is 4.39. The number of carbonyl (C=O) groups is 2. The lowest BCUT2D eigenvalue weighted by Gasteiger charge is -2.22. The number of methoxy groups -OCH3 is 2. The van der Waals surface area contributed by atoms with Gasteiger partial charge in [-0.15, -0.1) is 0 Å². The SMILES string of the molecule is COc1cccc([C@@H]2CN(C(=O)c3ccco3)C[C@@H]2C(=O)NCC(C)C)c1OC. The van der Waals surface area contributed by atoms with Gasteiger partial charge in [0.25, 0.3) is 5.91 Å². The normalized spacial score (nSPS) is 18.7. The highest BCUT2D eigenvalue weighted by molar-refractivity contribution is 5.93. The van der Waals surface area contributed by atoms with E-state index in [0.717, 1.165) is 5.56 Å². The number of nitrogens with one attached hydrogen (secondary N) is 1. The zero-order chi connectivity index (χ0) is 21.0. The minimum atomic E-state index is -0.395. The highest BCUT2D eigenvalue weighted by atomic mass is 16.5. The van der Waals surface area contributed by atoms with Gasteiger partial charge in [-0.25, -0.2) is 0 Å². The van der Waals surface area contributed by atoms with Crippen LogP contribution in [-0.2, 0) is 4.79 Å². The Labute approximate surface area is 171 Å². The van der Waals surface area contributed by atoms with Gasteiger partial charge in [0.1, 0.15) is 0 Å². The fraction of sp³-hybridized carbons (Fsp3) is 0.455. The maximum absolute atomic E-state index is 13.0. The second kappa shape index (κ2) is 9.03. The minimum absolute atomic E-state index is 0.0664. The number of likely N-dealkylation sites (tertiary alicyclic amines) is 1. The van der Waals surface area contributed by atoms with Gasteiger partial charge >= 0.3 is 0 Å². The first-order chi connectivity index (χ1) is 14.0. The summed E-state index contributed by atoms with van der Waals surface area (Å²) in [5, 5.41) is 3.01. The van der Waals surface area contributed by atoms with E-state index in [0.29, 0.717) is 37.1 Å². The van der Waals surface area contributed by atoms with Crippen LogP contribution in [0.25, 0.3) is 0 Å². The Hall–Kier alpha value is -2.96. The Morgan fingerprint density at radius 2 is 1.97 bits per heavy atom. The second-order valence-corrected chi connectivity index (χ2v) is 7.62. The van der Waals surface area contributed by atoms with E-state index in [1.807, 2.05) is 32.0 Å². The Morgan fingerprint density at radius 1 is 1.17 bits per heavy atom. The van der Waals surface area contributed by atoms with Crippen LogP contribution in [0.1, 0.15) is 35.9 Å². The molecule has 1 aromatic carbocycles. The third-order valence-electron chi connectivity index (χ3n) is 5.19. The zero-order valence-corrected chi connectivity index (χ0v) is 17.3. The molecule has 3 rings (SSSR count). The molecule has 0 aliphatic carbocycles. The molecular formula is C22H28N2O5. The largest absolute Gasteiger partial charge is 0.493 e. The molecule has 1 fully saturated rings. The van der Waals surface area contributed by atoms with E-state index in [4.69, 9.17) is 13.9 Å². The van der Waals surface area contributed by atoms with Crippen LogP contribution in [0.2, 0.25) is 0 Å². The van der Waals surface area contributed by atoms with Crippen LogP contribution in [0.4, 0.5) is 0 Å². The van der Waals surface area contributed by atoms with Crippen molar-refractivity contribution in [3.63, 3.8) is 0 Å². The summed E-state index contributed by atoms with van der Waals surface area (Å²) in [6.45, 7) is 5.38. The van der Waals surface area contributed by atoms with E-state index in [1.54, 1.807) is 31.3 Å². The quantitative estimate of drug-likeness (QED) is 0.773. The molecule has 0 radical (unpaired) electrons. The number of benzene rings is 1. The van der Waals surface area contributed by atoms with Crippen molar-refractivity contribution >= 4 is 11.8 Å². The molecule has 2 aromatic rings. The van der Waals surface area contributed by atoms with E-state index in [1.165, 1.54) is 6.26 Å². The number of hydrogen-bond donors (Lipinski definition) is 1. The molecule has 1 aliphatic heterocycles. The molecule has 1 N–H and O–H groups in total. The molecule has 156 valence electrons. The highest BCUT2D eigenvalue weighted by Gasteiger charge is 2.42. The standard InChI is InChI=1S/C22H28N2O5/c1-14(2)11-23-21(25)17-13-24(22(26)19-9-6-10-29-19)12-16(17)15-7-5-8-18(27-3)20(15)28-4/h5-10,14,16-17H,11-13H2,1-4H3,(H,23,25)/t16-,17-/m0/s1. The fourth-order valence-electron chi connectivity index (χ4n) is 3.75. The first-order valence-corrected chi connectivity index (χ1v) is 9.77. The highest BCUT2D eigenvalue weighted by Crippen LogP contribution is 2.42. The van der Waals surface area contributed by atoms with Crippen molar-refractivity contribution in [1.82, 2.24) is 10.2 Å². The molecule has 1 aromatic heterocycles. The van der Waals surface area contributed by atoms with Gasteiger partial charge in [0.05, 0.1) is 26.4 Å². The summed E-state index contributed by atoms with van der Waals surface area (Å²) in [5.74, 6) is 0.899. The molecule has 7 heteroatoms. The summed E-state index contributed by atoms with van der Waals surface area (Å²) < 4.78 is 16.3. The van der Waals surface area contributed by atoms with E-state index in [2.05, 4.69) is 5.32 Å². The number of amides is 2. The monoisotopic (exact) mass is 400 g/mol. The van der Waals surface area contributed by atoms with Crippen molar-refractivity contribution in [2.75, 3.05) is 33.9 Å². The minimum Gasteiger partial charge on any atom is -0.493 e. The molecule has 7 nitrogen and oxygen atoms in total. The molecule has 29 heavy (non-hydrogen) atoms. The fourth-order valence-corrected chi connectivity index (χ4v) is 3.75. The number of nitrogens with zero attached hydrogens (tertiary/aromatic N) is 1. The average molecular weight is 400 g/mol. The number of ether oxygens (including phenoxy) is 2. The summed E-state index contributed by atoms with van der Waals surface area (Å²) in [5.41, 5.74) is 0.853. The predicted molar refractivity (Wildman–Crippen MR) is 108 cm³/mol. The van der Waals surface area contributed by atoms with Gasteiger partial charge in [0.15, 0.2) is 17.3 Å². The summed E-state index contributed by atoms with van der Waals surface area (Å²) in [6, 6.07) is 8.93. The van der Waals surface area contributed by atoms with Crippen LogP contribution in [0.3, 0.4) is 0 Å². The molecule has 0 unspecified atom stereocenters. The van der Waals surface area contributed by atoms with E-state index >= 15 is 0 Å². The van der Waals surface area contributed by atoms with Crippen molar-refractivity contribution in [3.05, 3.63) is 47.9 Å². The third-order valence-corrected chi connectivity index (χ3v) is 5.19. The van der Waals surface area contributed by atoms with E-state index in [9.17, 15) is 9.59 Å². The molecule has 1 aliphatic rings. The molecular weight excluding hydrogens is 372 g/mol. The lowest BCUT2D eigenvalue weighted by atomic mass is 9.87. The lowest BCUT2D eigenvalue weighted by Crippen LogP contribution is -2.37. The van der Waals surface area contributed by atoms with Crippen molar-refractivity contribution in [2.24, 2.45) is 11.8 Å². The van der Waals surface area contributed by atoms with E-state index in [-0.39, 0.29) is 23.5 Å². The number of para-hydroxylation sites is 1. The molecule has 0 spiro atoms. The van der Waals surface area contributed by atoms with Crippen LogP contribution < -0.4 is 14.8 Å². The predicted octanol–water partition coefficient (Wildman–Crippen LogP) is 2.92. The lowest BCUT2D eigenvalue weighted by molar-refractivity contribution is -0.125. The summed E-state index contributed by atoms with van der Waals surface area (Å²) >= 11 is 0. The maximum Gasteiger partial charge on any atom is 0.289 e. The topological polar surface area (TPSA) is 81.0 Å². The molecule has 1 saturated heterocycles. The molecule has 2 amide bonds. The van der Waals surface area contributed by atoms with E-state index < -0.39 is 5.92 Å². The maximum atomic E-state index is 13.0. The smallest absolute Gasteiger partial charge is 0.289 e. The Morgan fingerprint density at radius 3 is 2.59 bits per heavy atom. The summed E-state index contributed by atoms with van der Waals surface area (Å²) in [4.78, 5) is 27.5. The Kier molecular flexibility index (Phi) is 6.46. The van der Waals surface area contributed by atoms with Gasteiger partial charge in [-0.05, 0) is 24.1 Å². The number of carbonyl (C=O) groups excluding carboxylic acids is 2. The average Bonchev–Trinajstić information content (AvgIpc) is 3.40. The van der Waals surface area contributed by atoms with Gasteiger partial charge in [0.2, 0.25) is 5.91 Å². The number of rotatable bonds is 7. The van der Waals surface area contributed by atoms with Gasteiger partial charge in [-0.1, -0.05) is 26.0 Å². The molecule has 2 atom stereocenters. The van der Waals surface area contributed by atoms with Crippen molar-refractivity contribution in [3.8, 4) is 11.5 Å². The first kappa shape index (κ1) is 20.8. The van der Waals surface area contributed by atoms with Gasteiger partial charge in [-0.3, -0.25) is 9.59 Å². The van der Waals surface area contributed by atoms with Crippen molar-refractivity contribution < 1.29 is 23.5 Å². The molecule has 0 saturated carbocycles. The molecule has 0 bridgehead atoms. The van der Waals surface area contributed by atoms with Crippen LogP contribution in [0, 0.1) is 11.8 Å². The number of furan rings is 1. The Balaban J connectivity index is 1.93. The van der Waals surface area contributed by atoms with Crippen LogP contribution >= 0.6 is 0 Å². The van der Waals surface area contributed by atoms with Gasteiger partial charge in [0, 0.05) is 31.1 Å². The van der Waals surface area contributed by atoms with Gasteiger partial charge in [-0.2, -0.15) is 0 Å². The van der Waals surface area contributed by atoms with Crippen LogP contribution in [-0.4, -0.2) is 50.6 Å². The van der Waals surface area contributed by atoms with Crippen molar-refractivity contribution in [1.29, 1.82) is 0 Å². The summed E-state index contributed by atoms with van der Waals surface area (Å²) in [6.07, 6.45) is 1.47. The summed E-state index contributed by atoms with van der Waals surface area (Å²) in [7, 11) is 3.16. The van der Waals surface area contributed by atoms with Crippen molar-refractivity contribution in [2.45, 2.75) is 19.8 Å². The van der Waals surface area contributed by atoms with Crippen LogP contribution in [0.15, 0.2) is 41.0 Å². The van der Waals surface area contributed by atoms with Gasteiger partial charge < -0.3 is 24.1 Å². The van der Waals surface area contributed by atoms with Crippen LogP contribution in [0.5, 0.6) is 11.5 Å². The molecule has 2 heterocycles.